The Morgan fingerprint density at radius 2 is 1.89 bits per heavy atom. The van der Waals surface area contributed by atoms with Crippen LogP contribution in [-0.2, 0) is 13.1 Å². The van der Waals surface area contributed by atoms with E-state index in [1.54, 1.807) is 19.2 Å². The quantitative estimate of drug-likeness (QED) is 0.408. The van der Waals surface area contributed by atoms with E-state index in [-0.39, 0.29) is 5.75 Å². The minimum Gasteiger partial charge on any atom is -0.484 e. The number of nitrogens with zero attached hydrogens (tertiary/aromatic N) is 3. The van der Waals surface area contributed by atoms with Gasteiger partial charge in [-0.15, -0.1) is 0 Å². The Morgan fingerprint density at radius 1 is 1.18 bits per heavy atom. The molecule has 2 aromatic rings. The van der Waals surface area contributed by atoms with Crippen molar-refractivity contribution in [3.63, 3.8) is 0 Å². The fourth-order valence-corrected chi connectivity index (χ4v) is 2.61. The number of nitrogens with one attached hydrogen (secondary N) is 2. The van der Waals surface area contributed by atoms with Crippen LogP contribution in [0.5, 0.6) is 5.75 Å². The van der Waals surface area contributed by atoms with Crippen molar-refractivity contribution < 1.29 is 17.9 Å². The van der Waals surface area contributed by atoms with Gasteiger partial charge in [-0.05, 0) is 44.0 Å². The number of rotatable bonds is 8. The average Bonchev–Trinajstić information content (AvgIpc) is 2.97. The van der Waals surface area contributed by atoms with E-state index in [0.29, 0.717) is 12.5 Å². The Morgan fingerprint density at radius 3 is 2.46 bits per heavy atom. The molecule has 1 heterocycles. The van der Waals surface area contributed by atoms with Crippen molar-refractivity contribution in [2.45, 2.75) is 39.5 Å². The summed E-state index contributed by atoms with van der Waals surface area (Å²) in [4.78, 5) is 4.17. The van der Waals surface area contributed by atoms with Crippen LogP contribution < -0.4 is 15.4 Å². The molecular weight excluding hydrogens is 371 g/mol. The van der Waals surface area contributed by atoms with Crippen LogP contribution in [0.3, 0.4) is 0 Å². The zero-order valence-electron chi connectivity index (χ0n) is 16.3. The summed E-state index contributed by atoms with van der Waals surface area (Å²) in [7, 11) is 1.68. The monoisotopic (exact) mass is 397 g/mol. The highest BCUT2D eigenvalue weighted by molar-refractivity contribution is 5.79. The van der Waals surface area contributed by atoms with E-state index in [4.69, 9.17) is 4.74 Å². The number of guanidine groups is 1. The standard InChI is InChI=1S/C19H26F3N5O/c1-14-11-15(2)27(26-14)10-4-9-24-18(23-3)25-12-16-5-7-17(8-6-16)28-13-19(20,21)22/h5-8,11H,4,9-10,12-13H2,1-3H3,(H2,23,24,25). The molecule has 6 nitrogen and oxygen atoms in total. The highest BCUT2D eigenvalue weighted by Crippen LogP contribution is 2.18. The lowest BCUT2D eigenvalue weighted by atomic mass is 10.2. The summed E-state index contributed by atoms with van der Waals surface area (Å²) in [5.74, 6) is 0.846. The second-order valence-corrected chi connectivity index (χ2v) is 6.40. The molecule has 0 saturated heterocycles. The Kier molecular flexibility index (Phi) is 7.71. The van der Waals surface area contributed by atoms with Gasteiger partial charge in [-0.2, -0.15) is 18.3 Å². The van der Waals surface area contributed by atoms with Crippen molar-refractivity contribution >= 4 is 5.96 Å². The summed E-state index contributed by atoms with van der Waals surface area (Å²) in [5.41, 5.74) is 3.06. The maximum atomic E-state index is 12.2. The first-order valence-corrected chi connectivity index (χ1v) is 9.01. The van der Waals surface area contributed by atoms with Gasteiger partial charge in [0.2, 0.25) is 0 Å². The van der Waals surface area contributed by atoms with Gasteiger partial charge in [0.1, 0.15) is 5.75 Å². The minimum atomic E-state index is -4.34. The Hall–Kier alpha value is -2.71. The van der Waals surface area contributed by atoms with Crippen LogP contribution in [0.25, 0.3) is 0 Å². The topological polar surface area (TPSA) is 63.5 Å². The van der Waals surface area contributed by atoms with Crippen LogP contribution in [0.1, 0.15) is 23.4 Å². The van der Waals surface area contributed by atoms with Crippen LogP contribution in [0.15, 0.2) is 35.3 Å². The molecule has 1 aromatic heterocycles. The van der Waals surface area contributed by atoms with Crippen molar-refractivity contribution in [1.29, 1.82) is 0 Å². The zero-order chi connectivity index (χ0) is 20.6. The van der Waals surface area contributed by atoms with Crippen molar-refractivity contribution in [2.24, 2.45) is 4.99 Å². The molecule has 28 heavy (non-hydrogen) atoms. The van der Waals surface area contributed by atoms with Crippen molar-refractivity contribution in [3.05, 3.63) is 47.3 Å². The third kappa shape index (κ3) is 7.50. The molecule has 0 aliphatic rings. The molecule has 0 spiro atoms. The maximum absolute atomic E-state index is 12.2. The molecule has 0 aliphatic carbocycles. The van der Waals surface area contributed by atoms with E-state index in [9.17, 15) is 13.2 Å². The average molecular weight is 397 g/mol. The maximum Gasteiger partial charge on any atom is 0.422 e. The van der Waals surface area contributed by atoms with E-state index < -0.39 is 12.8 Å². The second kappa shape index (κ2) is 10.0. The number of benzene rings is 1. The molecule has 0 fully saturated rings. The lowest BCUT2D eigenvalue weighted by Crippen LogP contribution is -2.37. The SMILES string of the molecule is CN=C(NCCCn1nc(C)cc1C)NCc1ccc(OCC(F)(F)F)cc1. The summed E-state index contributed by atoms with van der Waals surface area (Å²) in [5, 5.41) is 10.8. The van der Waals surface area contributed by atoms with Gasteiger partial charge in [0, 0.05) is 32.4 Å². The van der Waals surface area contributed by atoms with Gasteiger partial charge >= 0.3 is 6.18 Å². The molecule has 0 amide bonds. The summed E-state index contributed by atoms with van der Waals surface area (Å²) in [6, 6.07) is 8.53. The summed E-state index contributed by atoms with van der Waals surface area (Å²) >= 11 is 0. The molecular formula is C19H26F3N5O. The predicted octanol–water partition coefficient (Wildman–Crippen LogP) is 3.20. The highest BCUT2D eigenvalue weighted by atomic mass is 19.4. The van der Waals surface area contributed by atoms with Gasteiger partial charge in [-0.1, -0.05) is 12.1 Å². The van der Waals surface area contributed by atoms with Crippen LogP contribution >= 0.6 is 0 Å². The van der Waals surface area contributed by atoms with E-state index in [0.717, 1.165) is 36.5 Å². The first-order chi connectivity index (χ1) is 13.3. The molecule has 0 radical (unpaired) electrons. The fraction of sp³-hybridized carbons (Fsp3) is 0.474. The van der Waals surface area contributed by atoms with Gasteiger partial charge in [0.25, 0.3) is 0 Å². The van der Waals surface area contributed by atoms with Crippen molar-refractivity contribution in [2.75, 3.05) is 20.2 Å². The number of aromatic nitrogens is 2. The number of alkyl halides is 3. The normalized spacial score (nSPS) is 12.1. The summed E-state index contributed by atoms with van der Waals surface area (Å²) in [6.45, 7) is 4.77. The van der Waals surface area contributed by atoms with Crippen LogP contribution in [-0.4, -0.2) is 42.1 Å². The highest BCUT2D eigenvalue weighted by Gasteiger charge is 2.28. The second-order valence-electron chi connectivity index (χ2n) is 6.40. The largest absolute Gasteiger partial charge is 0.484 e. The third-order valence-corrected chi connectivity index (χ3v) is 3.95. The first-order valence-electron chi connectivity index (χ1n) is 9.01. The van der Waals surface area contributed by atoms with Crippen LogP contribution in [0, 0.1) is 13.8 Å². The minimum absolute atomic E-state index is 0.188. The lowest BCUT2D eigenvalue weighted by Gasteiger charge is -2.13. The number of halogens is 3. The van der Waals surface area contributed by atoms with E-state index >= 15 is 0 Å². The van der Waals surface area contributed by atoms with Gasteiger partial charge in [-0.3, -0.25) is 9.67 Å². The van der Waals surface area contributed by atoms with Gasteiger partial charge in [-0.25, -0.2) is 0 Å². The number of hydrogen-bond acceptors (Lipinski definition) is 3. The molecule has 2 N–H and O–H groups in total. The molecule has 0 atom stereocenters. The molecule has 1 aromatic carbocycles. The summed E-state index contributed by atoms with van der Waals surface area (Å²) < 4.78 is 43.1. The number of aliphatic imine (C=N–C) groups is 1. The van der Waals surface area contributed by atoms with Crippen LogP contribution in [0.4, 0.5) is 13.2 Å². The lowest BCUT2D eigenvalue weighted by molar-refractivity contribution is -0.153. The fourth-order valence-electron chi connectivity index (χ4n) is 2.61. The smallest absolute Gasteiger partial charge is 0.422 e. The van der Waals surface area contributed by atoms with E-state index in [1.165, 1.54) is 12.1 Å². The number of aryl methyl sites for hydroxylation is 3. The zero-order valence-corrected chi connectivity index (χ0v) is 16.3. The van der Waals surface area contributed by atoms with Crippen molar-refractivity contribution in [1.82, 2.24) is 20.4 Å². The molecule has 9 heteroatoms. The predicted molar refractivity (Wildman–Crippen MR) is 103 cm³/mol. The molecule has 154 valence electrons. The molecule has 0 unspecified atom stereocenters. The number of ether oxygens (including phenoxy) is 1. The Balaban J connectivity index is 1.70. The molecule has 2 rings (SSSR count). The Labute approximate surface area is 162 Å². The van der Waals surface area contributed by atoms with E-state index in [2.05, 4.69) is 20.7 Å². The Bertz CT molecular complexity index is 769. The van der Waals surface area contributed by atoms with E-state index in [1.807, 2.05) is 24.6 Å². The summed E-state index contributed by atoms with van der Waals surface area (Å²) in [6.07, 6.45) is -3.44. The first kappa shape index (κ1) is 21.6. The molecule has 0 aliphatic heterocycles. The molecule has 0 saturated carbocycles. The van der Waals surface area contributed by atoms with Gasteiger partial charge < -0.3 is 15.4 Å². The molecule has 0 bridgehead atoms. The van der Waals surface area contributed by atoms with Crippen molar-refractivity contribution in [3.8, 4) is 5.75 Å². The van der Waals surface area contributed by atoms with Crippen LogP contribution in [0.2, 0.25) is 0 Å². The van der Waals surface area contributed by atoms with Gasteiger partial charge in [0.15, 0.2) is 12.6 Å². The third-order valence-electron chi connectivity index (χ3n) is 3.95. The number of hydrogen-bond donors (Lipinski definition) is 2. The van der Waals surface area contributed by atoms with Gasteiger partial charge in [0.05, 0.1) is 5.69 Å².